The van der Waals surface area contributed by atoms with Crippen LogP contribution < -0.4 is 5.32 Å². The maximum Gasteiger partial charge on any atom is 0.267 e. The van der Waals surface area contributed by atoms with Gasteiger partial charge in [0.1, 0.15) is 10.9 Å². The van der Waals surface area contributed by atoms with E-state index in [2.05, 4.69) is 16.2 Å². The molecule has 1 aromatic carbocycles. The Morgan fingerprint density at radius 2 is 1.89 bits per heavy atom. The maximum atomic E-state index is 13.3. The highest BCUT2D eigenvalue weighted by Crippen LogP contribution is 2.27. The minimum atomic E-state index is -0.823. The Morgan fingerprint density at radius 3 is 2.37 bits per heavy atom. The Labute approximate surface area is 164 Å². The Kier molecular flexibility index (Phi) is 6.40. The van der Waals surface area contributed by atoms with Gasteiger partial charge in [0, 0.05) is 5.54 Å². The zero-order valence-corrected chi connectivity index (χ0v) is 17.2. The van der Waals surface area contributed by atoms with Crippen LogP contribution in [0.1, 0.15) is 52.7 Å². The van der Waals surface area contributed by atoms with Crippen molar-refractivity contribution in [2.45, 2.75) is 46.2 Å². The topological polar surface area (TPSA) is 62.3 Å². The molecule has 1 heterocycles. The van der Waals surface area contributed by atoms with Crippen LogP contribution in [0.2, 0.25) is 0 Å². The summed E-state index contributed by atoms with van der Waals surface area (Å²) < 4.78 is 0. The highest BCUT2D eigenvalue weighted by atomic mass is 32.1. The van der Waals surface area contributed by atoms with Crippen LogP contribution in [0.25, 0.3) is 0 Å². The van der Waals surface area contributed by atoms with Crippen molar-refractivity contribution < 1.29 is 9.59 Å². The highest BCUT2D eigenvalue weighted by molar-refractivity contribution is 7.13. The average molecular weight is 384 g/mol. The van der Waals surface area contributed by atoms with Crippen molar-refractivity contribution in [3.8, 4) is 12.3 Å². The van der Waals surface area contributed by atoms with E-state index in [-0.39, 0.29) is 18.4 Å². The largest absolute Gasteiger partial charge is 0.349 e. The predicted octanol–water partition coefficient (Wildman–Crippen LogP) is 3.49. The Morgan fingerprint density at radius 1 is 1.26 bits per heavy atom. The molecule has 0 saturated carbocycles. The van der Waals surface area contributed by atoms with Crippen molar-refractivity contribution in [3.63, 3.8) is 0 Å². The summed E-state index contributed by atoms with van der Waals surface area (Å²) in [5.74, 6) is 1.97. The molecule has 6 heteroatoms. The van der Waals surface area contributed by atoms with Crippen LogP contribution in [-0.2, 0) is 4.79 Å². The number of nitrogens with one attached hydrogen (secondary N) is 1. The number of thiazole rings is 1. The smallest absolute Gasteiger partial charge is 0.267 e. The lowest BCUT2D eigenvalue weighted by atomic mass is 10.0. The molecule has 0 aliphatic carbocycles. The van der Waals surface area contributed by atoms with E-state index in [0.717, 1.165) is 5.01 Å². The summed E-state index contributed by atoms with van der Waals surface area (Å²) in [5, 5.41) is 3.77. The van der Waals surface area contributed by atoms with Crippen molar-refractivity contribution in [3.05, 3.63) is 51.5 Å². The van der Waals surface area contributed by atoms with E-state index < -0.39 is 11.6 Å². The number of aromatic nitrogens is 1. The quantitative estimate of drug-likeness (QED) is 0.804. The van der Waals surface area contributed by atoms with Gasteiger partial charge >= 0.3 is 0 Å². The molecule has 27 heavy (non-hydrogen) atoms. The van der Waals surface area contributed by atoms with Gasteiger partial charge in [0.25, 0.3) is 5.91 Å². The van der Waals surface area contributed by atoms with E-state index >= 15 is 0 Å². The molecule has 0 radical (unpaired) electrons. The maximum absolute atomic E-state index is 13.3. The summed E-state index contributed by atoms with van der Waals surface area (Å²) in [5.41, 5.74) is 0.917. The van der Waals surface area contributed by atoms with E-state index in [1.54, 1.807) is 6.92 Å². The summed E-state index contributed by atoms with van der Waals surface area (Å²) in [6, 6.07) is 8.38. The SMILES string of the molecule is C#CCN(C(=O)c1sc(C)nc1C)C(C(=O)NC(C)(C)C)c1ccccc1. The summed E-state index contributed by atoms with van der Waals surface area (Å²) in [4.78, 5) is 32.7. The highest BCUT2D eigenvalue weighted by Gasteiger charge is 2.34. The first-order chi connectivity index (χ1) is 12.6. The average Bonchev–Trinajstić information content (AvgIpc) is 2.91. The first-order valence-electron chi connectivity index (χ1n) is 8.69. The van der Waals surface area contributed by atoms with Crippen molar-refractivity contribution in [2.24, 2.45) is 0 Å². The van der Waals surface area contributed by atoms with E-state index in [1.165, 1.54) is 16.2 Å². The third kappa shape index (κ3) is 5.18. The van der Waals surface area contributed by atoms with E-state index in [0.29, 0.717) is 16.1 Å². The lowest BCUT2D eigenvalue weighted by molar-refractivity contribution is -0.127. The van der Waals surface area contributed by atoms with Gasteiger partial charge < -0.3 is 10.2 Å². The number of carbonyl (C=O) groups is 2. The fraction of sp³-hybridized carbons (Fsp3) is 0.381. The number of nitrogens with zero attached hydrogens (tertiary/aromatic N) is 2. The second kappa shape index (κ2) is 8.36. The predicted molar refractivity (Wildman–Crippen MR) is 109 cm³/mol. The molecule has 1 N–H and O–H groups in total. The van der Waals surface area contributed by atoms with Gasteiger partial charge in [0.15, 0.2) is 0 Å². The van der Waals surface area contributed by atoms with Crippen LogP contribution in [-0.4, -0.2) is 33.8 Å². The van der Waals surface area contributed by atoms with Gasteiger partial charge in [-0.2, -0.15) is 0 Å². The summed E-state index contributed by atoms with van der Waals surface area (Å²) >= 11 is 1.31. The van der Waals surface area contributed by atoms with Crippen molar-refractivity contribution in [2.75, 3.05) is 6.54 Å². The molecule has 0 bridgehead atoms. The van der Waals surface area contributed by atoms with E-state index in [4.69, 9.17) is 6.42 Å². The molecule has 0 saturated heterocycles. The Bertz CT molecular complexity index is 860. The fourth-order valence-electron chi connectivity index (χ4n) is 2.79. The van der Waals surface area contributed by atoms with Crippen LogP contribution >= 0.6 is 11.3 Å². The van der Waals surface area contributed by atoms with Crippen LogP contribution in [0, 0.1) is 26.2 Å². The first kappa shape index (κ1) is 20.7. The normalized spacial score (nSPS) is 12.1. The summed E-state index contributed by atoms with van der Waals surface area (Å²) in [6.07, 6.45) is 5.54. The molecule has 2 amide bonds. The van der Waals surface area contributed by atoms with Gasteiger partial charge in [-0.25, -0.2) is 4.98 Å². The molecule has 1 unspecified atom stereocenters. The van der Waals surface area contributed by atoms with Gasteiger partial charge in [-0.05, 0) is 40.2 Å². The molecule has 2 aromatic rings. The molecule has 0 spiro atoms. The summed E-state index contributed by atoms with van der Waals surface area (Å²) in [7, 11) is 0. The summed E-state index contributed by atoms with van der Waals surface area (Å²) in [6.45, 7) is 9.36. The third-order valence-corrected chi connectivity index (χ3v) is 4.85. The second-order valence-electron chi connectivity index (χ2n) is 7.34. The number of carbonyl (C=O) groups excluding carboxylic acids is 2. The zero-order chi connectivity index (χ0) is 20.2. The Hall–Kier alpha value is -2.65. The van der Waals surface area contributed by atoms with Gasteiger partial charge in [-0.15, -0.1) is 17.8 Å². The third-order valence-electron chi connectivity index (χ3n) is 3.79. The van der Waals surface area contributed by atoms with Gasteiger partial charge in [0.05, 0.1) is 17.2 Å². The van der Waals surface area contributed by atoms with Crippen LogP contribution in [0.5, 0.6) is 0 Å². The number of rotatable bonds is 5. The fourth-order valence-corrected chi connectivity index (χ4v) is 3.66. The lowest BCUT2D eigenvalue weighted by Gasteiger charge is -2.32. The Balaban J connectivity index is 2.51. The molecule has 142 valence electrons. The van der Waals surface area contributed by atoms with Crippen LogP contribution in [0.15, 0.2) is 30.3 Å². The number of hydrogen-bond donors (Lipinski definition) is 1. The van der Waals surface area contributed by atoms with Crippen molar-refractivity contribution >= 4 is 23.2 Å². The molecule has 0 aliphatic rings. The number of benzene rings is 1. The minimum Gasteiger partial charge on any atom is -0.349 e. The lowest BCUT2D eigenvalue weighted by Crippen LogP contribution is -2.49. The number of aryl methyl sites for hydroxylation is 2. The van der Waals surface area contributed by atoms with Gasteiger partial charge in [0.2, 0.25) is 5.91 Å². The van der Waals surface area contributed by atoms with E-state index in [1.807, 2.05) is 58.0 Å². The monoisotopic (exact) mass is 383 g/mol. The molecule has 2 rings (SSSR count). The van der Waals surface area contributed by atoms with Gasteiger partial charge in [-0.3, -0.25) is 9.59 Å². The standard InChI is InChI=1S/C21H25N3O2S/c1-7-13-24(20(26)18-14(2)22-15(3)27-18)17(16-11-9-8-10-12-16)19(25)23-21(4,5)6/h1,8-12,17H,13H2,2-6H3,(H,23,25). The van der Waals surface area contributed by atoms with Crippen molar-refractivity contribution in [1.29, 1.82) is 0 Å². The van der Waals surface area contributed by atoms with E-state index in [9.17, 15) is 9.59 Å². The van der Waals surface area contributed by atoms with Crippen molar-refractivity contribution in [1.82, 2.24) is 15.2 Å². The minimum absolute atomic E-state index is 0.0202. The first-order valence-corrected chi connectivity index (χ1v) is 9.51. The molecule has 5 nitrogen and oxygen atoms in total. The molecule has 1 atom stereocenters. The molecule has 0 aliphatic heterocycles. The molecule has 1 aromatic heterocycles. The van der Waals surface area contributed by atoms with Gasteiger partial charge in [-0.1, -0.05) is 36.3 Å². The van der Waals surface area contributed by atoms with Crippen LogP contribution in [0.3, 0.4) is 0 Å². The molecular weight excluding hydrogens is 358 g/mol. The zero-order valence-electron chi connectivity index (χ0n) is 16.4. The van der Waals surface area contributed by atoms with Crippen LogP contribution in [0.4, 0.5) is 0 Å². The number of hydrogen-bond acceptors (Lipinski definition) is 4. The second-order valence-corrected chi connectivity index (χ2v) is 8.54. The number of terminal acetylenes is 1. The molecule has 0 fully saturated rings. The molecular formula is C21H25N3O2S. The number of amides is 2.